The topological polar surface area (TPSA) is 56.8 Å². The Balaban J connectivity index is 2.34. The molecule has 0 spiro atoms. The lowest BCUT2D eigenvalue weighted by atomic mass is 10.1. The van der Waals surface area contributed by atoms with E-state index in [1.807, 2.05) is 25.1 Å². The summed E-state index contributed by atoms with van der Waals surface area (Å²) in [4.78, 5) is 12.4. The highest BCUT2D eigenvalue weighted by atomic mass is 16.5. The average Bonchev–Trinajstić information content (AvgIpc) is 2.54. The maximum absolute atomic E-state index is 12.4. The molecule has 2 rings (SSSR count). The number of amides is 1. The van der Waals surface area contributed by atoms with E-state index >= 15 is 0 Å². The molecule has 5 nitrogen and oxygen atoms in total. The lowest BCUT2D eigenvalue weighted by Crippen LogP contribution is -2.13. The molecule has 2 aromatic carbocycles. The van der Waals surface area contributed by atoms with Crippen LogP contribution in [0.25, 0.3) is 0 Å². The molecule has 0 fully saturated rings. The molecule has 0 aliphatic carbocycles. The summed E-state index contributed by atoms with van der Waals surface area (Å²) in [7, 11) is 4.60. The van der Waals surface area contributed by atoms with E-state index in [0.29, 0.717) is 28.5 Å². The van der Waals surface area contributed by atoms with Crippen molar-refractivity contribution in [1.29, 1.82) is 0 Å². The second-order valence-corrected chi connectivity index (χ2v) is 4.68. The Bertz CT molecular complexity index is 657. The smallest absolute Gasteiger partial charge is 0.255 e. The van der Waals surface area contributed by atoms with Crippen molar-refractivity contribution in [2.24, 2.45) is 0 Å². The number of hydrogen-bond donors (Lipinski definition) is 1. The maximum atomic E-state index is 12.4. The van der Waals surface area contributed by atoms with Crippen LogP contribution < -0.4 is 19.5 Å². The highest BCUT2D eigenvalue weighted by Crippen LogP contribution is 2.40. The molecule has 22 heavy (non-hydrogen) atoms. The van der Waals surface area contributed by atoms with Crippen LogP contribution in [0.1, 0.15) is 15.9 Å². The number of carbonyl (C=O) groups excluding carboxylic acids is 1. The number of rotatable bonds is 5. The molecule has 0 atom stereocenters. The molecular formula is C17H19NO4. The Morgan fingerprint density at radius 2 is 1.55 bits per heavy atom. The fourth-order valence-electron chi connectivity index (χ4n) is 2.18. The minimum absolute atomic E-state index is 0.188. The zero-order chi connectivity index (χ0) is 16.1. The van der Waals surface area contributed by atoms with Crippen molar-refractivity contribution in [3.05, 3.63) is 47.5 Å². The predicted molar refractivity (Wildman–Crippen MR) is 85.2 cm³/mol. The Morgan fingerprint density at radius 1 is 0.955 bits per heavy atom. The maximum Gasteiger partial charge on any atom is 0.255 e. The Morgan fingerprint density at radius 3 is 2.05 bits per heavy atom. The molecule has 0 heterocycles. The van der Waals surface area contributed by atoms with Gasteiger partial charge in [0.15, 0.2) is 11.5 Å². The number of carbonyl (C=O) groups is 1. The van der Waals surface area contributed by atoms with Crippen molar-refractivity contribution in [3.63, 3.8) is 0 Å². The molecule has 0 aliphatic heterocycles. The molecule has 0 radical (unpaired) electrons. The minimum Gasteiger partial charge on any atom is -0.493 e. The average molecular weight is 301 g/mol. The first-order chi connectivity index (χ1) is 10.6. The van der Waals surface area contributed by atoms with Gasteiger partial charge in [-0.05, 0) is 18.6 Å². The van der Waals surface area contributed by atoms with Gasteiger partial charge in [0.25, 0.3) is 5.91 Å². The molecular weight excluding hydrogens is 282 g/mol. The Kier molecular flexibility index (Phi) is 4.88. The summed E-state index contributed by atoms with van der Waals surface area (Å²) in [5.41, 5.74) is 2.10. The highest BCUT2D eigenvalue weighted by Gasteiger charge is 2.15. The summed E-state index contributed by atoms with van der Waals surface area (Å²) >= 11 is 0. The van der Waals surface area contributed by atoms with Gasteiger partial charge in [-0.15, -0.1) is 0 Å². The van der Waals surface area contributed by atoms with Gasteiger partial charge in [-0.25, -0.2) is 0 Å². The second-order valence-electron chi connectivity index (χ2n) is 4.68. The lowest BCUT2D eigenvalue weighted by Gasteiger charge is -2.15. The molecule has 0 bridgehead atoms. The van der Waals surface area contributed by atoms with Gasteiger partial charge >= 0.3 is 0 Å². The van der Waals surface area contributed by atoms with E-state index in [9.17, 15) is 4.79 Å². The number of ether oxygens (including phenoxy) is 3. The summed E-state index contributed by atoms with van der Waals surface area (Å²) in [6, 6.07) is 10.8. The summed E-state index contributed by atoms with van der Waals surface area (Å²) in [6.07, 6.45) is 0. The van der Waals surface area contributed by atoms with Crippen LogP contribution in [-0.2, 0) is 0 Å². The number of nitrogens with one attached hydrogen (secondary N) is 1. The normalized spacial score (nSPS) is 10.0. The van der Waals surface area contributed by atoms with Crippen LogP contribution in [0.3, 0.4) is 0 Å². The van der Waals surface area contributed by atoms with Crippen LogP contribution in [0.5, 0.6) is 17.2 Å². The number of aryl methyl sites for hydroxylation is 1. The van der Waals surface area contributed by atoms with E-state index in [0.717, 1.165) is 5.56 Å². The zero-order valence-corrected chi connectivity index (χ0v) is 13.1. The van der Waals surface area contributed by atoms with Crippen LogP contribution in [0.4, 0.5) is 5.69 Å². The molecule has 2 aromatic rings. The van der Waals surface area contributed by atoms with Crippen molar-refractivity contribution in [1.82, 2.24) is 0 Å². The fourth-order valence-corrected chi connectivity index (χ4v) is 2.18. The van der Waals surface area contributed by atoms with Gasteiger partial charge in [-0.3, -0.25) is 4.79 Å². The van der Waals surface area contributed by atoms with E-state index < -0.39 is 0 Å². The van der Waals surface area contributed by atoms with Gasteiger partial charge in [0.2, 0.25) is 5.75 Å². The standard InChI is InChI=1S/C17H19NO4/c1-11-7-5-6-8-13(11)17(19)18-12-9-14(20-2)16(22-4)15(10-12)21-3/h5-10H,1-4H3,(H,18,19). The van der Waals surface area contributed by atoms with E-state index in [1.165, 1.54) is 21.3 Å². The first-order valence-corrected chi connectivity index (χ1v) is 6.77. The van der Waals surface area contributed by atoms with Gasteiger partial charge in [0, 0.05) is 23.4 Å². The summed E-state index contributed by atoms with van der Waals surface area (Å²) in [6.45, 7) is 1.89. The van der Waals surface area contributed by atoms with Crippen molar-refractivity contribution in [2.75, 3.05) is 26.6 Å². The Labute approximate surface area is 129 Å². The summed E-state index contributed by atoms with van der Waals surface area (Å²) in [5.74, 6) is 1.27. The molecule has 116 valence electrons. The molecule has 1 amide bonds. The van der Waals surface area contributed by atoms with Crippen LogP contribution >= 0.6 is 0 Å². The van der Waals surface area contributed by atoms with Gasteiger partial charge < -0.3 is 19.5 Å². The van der Waals surface area contributed by atoms with Crippen LogP contribution in [0, 0.1) is 6.92 Å². The fraction of sp³-hybridized carbons (Fsp3) is 0.235. The van der Waals surface area contributed by atoms with Crippen LogP contribution in [0.15, 0.2) is 36.4 Å². The third-order valence-corrected chi connectivity index (χ3v) is 3.31. The summed E-state index contributed by atoms with van der Waals surface area (Å²) < 4.78 is 15.8. The molecule has 0 saturated heterocycles. The molecule has 0 unspecified atom stereocenters. The summed E-state index contributed by atoms with van der Waals surface area (Å²) in [5, 5.41) is 2.85. The van der Waals surface area contributed by atoms with Crippen LogP contribution in [0.2, 0.25) is 0 Å². The van der Waals surface area contributed by atoms with Gasteiger partial charge in [-0.2, -0.15) is 0 Å². The molecule has 1 N–H and O–H groups in total. The molecule has 0 aliphatic rings. The van der Waals surface area contributed by atoms with Crippen LogP contribution in [-0.4, -0.2) is 27.2 Å². The largest absolute Gasteiger partial charge is 0.493 e. The third-order valence-electron chi connectivity index (χ3n) is 3.31. The van der Waals surface area contributed by atoms with Crippen molar-refractivity contribution >= 4 is 11.6 Å². The lowest BCUT2D eigenvalue weighted by molar-refractivity contribution is 0.102. The molecule has 0 aromatic heterocycles. The van der Waals surface area contributed by atoms with Gasteiger partial charge in [-0.1, -0.05) is 18.2 Å². The van der Waals surface area contributed by atoms with Crippen molar-refractivity contribution in [3.8, 4) is 17.2 Å². The highest BCUT2D eigenvalue weighted by molar-refractivity contribution is 6.05. The first kappa shape index (κ1) is 15.7. The number of hydrogen-bond acceptors (Lipinski definition) is 4. The van der Waals surface area contributed by atoms with E-state index in [-0.39, 0.29) is 5.91 Å². The quantitative estimate of drug-likeness (QED) is 0.921. The molecule has 0 saturated carbocycles. The van der Waals surface area contributed by atoms with Crippen molar-refractivity contribution in [2.45, 2.75) is 6.92 Å². The first-order valence-electron chi connectivity index (χ1n) is 6.77. The predicted octanol–water partition coefficient (Wildman–Crippen LogP) is 3.27. The molecule has 5 heteroatoms. The van der Waals surface area contributed by atoms with E-state index in [1.54, 1.807) is 18.2 Å². The number of methoxy groups -OCH3 is 3. The number of benzene rings is 2. The second kappa shape index (κ2) is 6.85. The zero-order valence-electron chi connectivity index (χ0n) is 13.1. The SMILES string of the molecule is COc1cc(NC(=O)c2ccccc2C)cc(OC)c1OC. The van der Waals surface area contributed by atoms with E-state index in [4.69, 9.17) is 14.2 Å². The van der Waals surface area contributed by atoms with E-state index in [2.05, 4.69) is 5.32 Å². The Hall–Kier alpha value is -2.69. The van der Waals surface area contributed by atoms with Gasteiger partial charge in [0.05, 0.1) is 21.3 Å². The van der Waals surface area contributed by atoms with Gasteiger partial charge in [0.1, 0.15) is 0 Å². The third kappa shape index (κ3) is 3.14. The monoisotopic (exact) mass is 301 g/mol. The number of anilines is 1. The minimum atomic E-state index is -0.188. The van der Waals surface area contributed by atoms with Crippen molar-refractivity contribution < 1.29 is 19.0 Å².